The van der Waals surface area contributed by atoms with Crippen LogP contribution in [0, 0.1) is 6.92 Å². The summed E-state index contributed by atoms with van der Waals surface area (Å²) >= 11 is 0. The Morgan fingerprint density at radius 1 is 0.559 bits per heavy atom. The lowest BCUT2D eigenvalue weighted by Gasteiger charge is -2.09. The SMILES string of the molecule is C/C=C\C=C(/C)Cc1nc2c(Cc3ccccc3)nc(-c3ccccc3)cn2c1C.CC.CC.CC.CC.CC.CC.CC.CC.CCC.C\C=C/C=C(C)/C(C)=C\C. The van der Waals surface area contributed by atoms with Crippen LogP contribution in [0.2, 0.25) is 0 Å². The van der Waals surface area contributed by atoms with Crippen molar-refractivity contribution in [1.82, 2.24) is 14.4 Å². The zero-order valence-electron chi connectivity index (χ0n) is 43.9. The van der Waals surface area contributed by atoms with E-state index in [1.54, 1.807) is 0 Å². The summed E-state index contributed by atoms with van der Waals surface area (Å²) < 4.78 is 2.21. The number of imidazole rings is 1. The van der Waals surface area contributed by atoms with Gasteiger partial charge in [0.25, 0.3) is 0 Å². The van der Waals surface area contributed by atoms with Gasteiger partial charge in [-0.05, 0) is 59.6 Å². The molecule has 3 heteroatoms. The summed E-state index contributed by atoms with van der Waals surface area (Å²) in [6.45, 7) is 50.9. The van der Waals surface area contributed by atoms with E-state index in [0.717, 1.165) is 41.1 Å². The predicted molar refractivity (Wildman–Crippen MR) is 279 cm³/mol. The zero-order chi connectivity index (χ0) is 47.6. The third-order valence-corrected chi connectivity index (χ3v) is 6.91. The molecule has 2 aromatic carbocycles. The average Bonchev–Trinajstić information content (AvgIpc) is 3.64. The lowest BCUT2D eigenvalue weighted by Crippen LogP contribution is -2.01. The molecule has 3 nitrogen and oxygen atoms in total. The third kappa shape index (κ3) is 33.3. The fourth-order valence-corrected chi connectivity index (χ4v) is 4.28. The number of aromatic nitrogens is 3. The maximum absolute atomic E-state index is 5.04. The van der Waals surface area contributed by atoms with Crippen molar-refractivity contribution in [3.8, 4) is 11.3 Å². The minimum absolute atomic E-state index is 0.758. The van der Waals surface area contributed by atoms with Crippen LogP contribution in [0.15, 0.2) is 126 Å². The molecule has 0 saturated heterocycles. The molecule has 4 aromatic rings. The van der Waals surface area contributed by atoms with Crippen molar-refractivity contribution in [2.45, 2.75) is 192 Å². The summed E-state index contributed by atoms with van der Waals surface area (Å²) in [6.07, 6.45) is 19.6. The van der Waals surface area contributed by atoms with Gasteiger partial charge in [-0.15, -0.1) is 0 Å². The predicted octanol–water partition coefficient (Wildman–Crippen LogP) is 19.5. The van der Waals surface area contributed by atoms with E-state index >= 15 is 0 Å². The molecule has 0 unspecified atom stereocenters. The number of nitrogens with zero attached hydrogens (tertiary/aromatic N) is 3. The lowest BCUT2D eigenvalue weighted by atomic mass is 10.1. The van der Waals surface area contributed by atoms with Gasteiger partial charge in [-0.2, -0.15) is 0 Å². The molecule has 0 radical (unpaired) electrons. The fraction of sp³-hybridized carbons (Fsp3) is 0.500. The number of fused-ring (bicyclic) bond motifs is 1. The van der Waals surface area contributed by atoms with E-state index in [2.05, 4.69) is 138 Å². The van der Waals surface area contributed by atoms with E-state index in [1.807, 2.05) is 149 Å². The van der Waals surface area contributed by atoms with Crippen LogP contribution < -0.4 is 0 Å². The number of aryl methyl sites for hydroxylation is 1. The molecule has 338 valence electrons. The molecule has 0 bridgehead atoms. The van der Waals surface area contributed by atoms with Crippen LogP contribution in [0.1, 0.15) is 195 Å². The maximum Gasteiger partial charge on any atom is 0.159 e. The molecular formula is C56H99N3. The van der Waals surface area contributed by atoms with Crippen molar-refractivity contribution < 1.29 is 0 Å². The van der Waals surface area contributed by atoms with E-state index in [0.29, 0.717) is 0 Å². The van der Waals surface area contributed by atoms with E-state index in [9.17, 15) is 0 Å². The smallest absolute Gasteiger partial charge is 0.159 e. The Bertz CT molecular complexity index is 1550. The highest BCUT2D eigenvalue weighted by Crippen LogP contribution is 2.24. The second-order valence-electron chi connectivity index (χ2n) is 10.7. The summed E-state index contributed by atoms with van der Waals surface area (Å²) in [5.74, 6) is 0. The number of rotatable bonds is 8. The number of allylic oxidation sites excluding steroid dienone is 10. The molecule has 0 spiro atoms. The largest absolute Gasteiger partial charge is 0.300 e. The van der Waals surface area contributed by atoms with Gasteiger partial charge in [-0.25, -0.2) is 9.97 Å². The summed E-state index contributed by atoms with van der Waals surface area (Å²) in [5.41, 5.74) is 11.5. The molecule has 0 saturated carbocycles. The molecule has 0 fully saturated rings. The van der Waals surface area contributed by atoms with Crippen molar-refractivity contribution in [1.29, 1.82) is 0 Å². The first-order valence-corrected chi connectivity index (χ1v) is 23.5. The Labute approximate surface area is 371 Å². The second kappa shape index (κ2) is 55.9. The van der Waals surface area contributed by atoms with Crippen molar-refractivity contribution >= 4 is 5.65 Å². The topological polar surface area (TPSA) is 30.2 Å². The molecule has 0 atom stereocenters. The van der Waals surface area contributed by atoms with Gasteiger partial charge in [0.1, 0.15) is 0 Å². The quantitative estimate of drug-likeness (QED) is 0.166. The highest BCUT2D eigenvalue weighted by Gasteiger charge is 2.16. The van der Waals surface area contributed by atoms with Crippen LogP contribution in [0.4, 0.5) is 0 Å². The van der Waals surface area contributed by atoms with E-state index in [4.69, 9.17) is 9.97 Å². The Kier molecular flexibility index (Phi) is 65.7. The Hall–Kier alpha value is -4.24. The van der Waals surface area contributed by atoms with Gasteiger partial charge >= 0.3 is 0 Å². The van der Waals surface area contributed by atoms with Crippen LogP contribution >= 0.6 is 0 Å². The molecule has 0 aliphatic heterocycles. The van der Waals surface area contributed by atoms with Crippen LogP contribution in [-0.4, -0.2) is 14.4 Å². The normalized spacial score (nSPS) is 9.81. The van der Waals surface area contributed by atoms with Gasteiger partial charge in [-0.3, -0.25) is 0 Å². The van der Waals surface area contributed by atoms with Crippen LogP contribution in [0.5, 0.6) is 0 Å². The first-order valence-electron chi connectivity index (χ1n) is 23.5. The van der Waals surface area contributed by atoms with Crippen molar-refractivity contribution in [2.75, 3.05) is 0 Å². The van der Waals surface area contributed by atoms with E-state index < -0.39 is 0 Å². The van der Waals surface area contributed by atoms with Gasteiger partial charge < -0.3 is 4.40 Å². The summed E-state index contributed by atoms with van der Waals surface area (Å²) in [4.78, 5) is 10.1. The maximum atomic E-state index is 5.04. The summed E-state index contributed by atoms with van der Waals surface area (Å²) in [7, 11) is 0. The van der Waals surface area contributed by atoms with Gasteiger partial charge in [0, 0.05) is 30.3 Å². The van der Waals surface area contributed by atoms with Gasteiger partial charge in [0.2, 0.25) is 0 Å². The molecule has 59 heavy (non-hydrogen) atoms. The number of hydrogen-bond acceptors (Lipinski definition) is 2. The van der Waals surface area contributed by atoms with Crippen LogP contribution in [-0.2, 0) is 12.8 Å². The fourth-order valence-electron chi connectivity index (χ4n) is 4.28. The van der Waals surface area contributed by atoms with Crippen LogP contribution in [0.25, 0.3) is 16.9 Å². The first kappa shape index (κ1) is 69.4. The molecule has 0 N–H and O–H groups in total. The number of benzene rings is 2. The van der Waals surface area contributed by atoms with Gasteiger partial charge in [0.05, 0.1) is 17.1 Å². The minimum atomic E-state index is 0.758. The summed E-state index contributed by atoms with van der Waals surface area (Å²) in [6, 6.07) is 20.9. The highest BCUT2D eigenvalue weighted by molar-refractivity contribution is 5.62. The van der Waals surface area contributed by atoms with Crippen molar-refractivity contribution in [3.05, 3.63) is 149 Å². The minimum Gasteiger partial charge on any atom is -0.300 e. The van der Waals surface area contributed by atoms with E-state index in [-0.39, 0.29) is 0 Å². The van der Waals surface area contributed by atoms with E-state index in [1.165, 1.54) is 34.4 Å². The molecule has 0 amide bonds. The Balaban J connectivity index is -0.000000156. The molecular weight excluding hydrogens is 715 g/mol. The van der Waals surface area contributed by atoms with Gasteiger partial charge in [-0.1, -0.05) is 245 Å². The molecule has 0 aliphatic rings. The molecule has 0 aliphatic carbocycles. The molecule has 2 aromatic heterocycles. The highest BCUT2D eigenvalue weighted by atomic mass is 15.0. The second-order valence-corrected chi connectivity index (χ2v) is 10.7. The average molecular weight is 814 g/mol. The van der Waals surface area contributed by atoms with Crippen molar-refractivity contribution in [2.24, 2.45) is 0 Å². The molecule has 2 heterocycles. The van der Waals surface area contributed by atoms with Crippen LogP contribution in [0.3, 0.4) is 0 Å². The monoisotopic (exact) mass is 814 g/mol. The summed E-state index contributed by atoms with van der Waals surface area (Å²) in [5, 5.41) is 0. The first-order chi connectivity index (χ1) is 28.8. The Morgan fingerprint density at radius 3 is 1.41 bits per heavy atom. The zero-order valence-corrected chi connectivity index (χ0v) is 43.9. The lowest BCUT2D eigenvalue weighted by molar-refractivity contribution is 1.000. The molecule has 4 rings (SSSR count). The number of hydrogen-bond donors (Lipinski definition) is 0. The van der Waals surface area contributed by atoms with Crippen molar-refractivity contribution in [3.63, 3.8) is 0 Å². The van der Waals surface area contributed by atoms with Gasteiger partial charge in [0.15, 0.2) is 5.65 Å². The third-order valence-electron chi connectivity index (χ3n) is 6.91. The standard InChI is InChI=1S/C27H27N3.C10H16.C3H8.8C2H6/c1-4-5-12-20(2)17-24-21(3)30-19-26(23-15-10-7-11-16-23)28-25(27(30)29-24)18-22-13-8-6-9-14-22;1-5-7-8-10(4)9(3)6-2;1-3-2;8*1-2/h4-16,19H,17-18H2,1-3H3;5-8H,1-4H3;3H2,1-2H3;8*1-2H3/b5-4-,20-12+;7-5-,9-6-,10-8+;;;;;;;;;. The Morgan fingerprint density at radius 2 is 0.983 bits per heavy atom.